The van der Waals surface area contributed by atoms with E-state index < -0.39 is 5.97 Å². The highest BCUT2D eigenvalue weighted by molar-refractivity contribution is 5.89. The number of hydrogen-bond donors (Lipinski definition) is 2. The summed E-state index contributed by atoms with van der Waals surface area (Å²) >= 11 is 0. The van der Waals surface area contributed by atoms with Crippen molar-refractivity contribution in [2.24, 2.45) is 0 Å². The van der Waals surface area contributed by atoms with Gasteiger partial charge in [0.1, 0.15) is 0 Å². The highest BCUT2D eigenvalue weighted by atomic mass is 16.4. The van der Waals surface area contributed by atoms with Gasteiger partial charge in [-0.25, -0.2) is 4.79 Å². The summed E-state index contributed by atoms with van der Waals surface area (Å²) in [5.41, 5.74) is 2.17. The lowest BCUT2D eigenvalue weighted by Gasteiger charge is -2.05. The summed E-state index contributed by atoms with van der Waals surface area (Å²) in [7, 11) is 1.80. The summed E-state index contributed by atoms with van der Waals surface area (Å²) in [6, 6.07) is 5.45. The third kappa shape index (κ3) is 2.29. The fourth-order valence-electron chi connectivity index (χ4n) is 1.23. The van der Waals surface area contributed by atoms with Crippen LogP contribution in [0.25, 0.3) is 0 Å². The van der Waals surface area contributed by atoms with Crippen molar-refractivity contribution in [3.05, 3.63) is 34.9 Å². The first-order chi connectivity index (χ1) is 6.15. The zero-order valence-electron chi connectivity index (χ0n) is 7.79. The average molecular weight is 179 g/mol. The van der Waals surface area contributed by atoms with Gasteiger partial charge in [0, 0.05) is 6.54 Å². The Labute approximate surface area is 77.4 Å². The monoisotopic (exact) mass is 179 g/mol. The lowest BCUT2D eigenvalue weighted by Crippen LogP contribution is -2.10. The molecule has 0 fully saturated rings. The van der Waals surface area contributed by atoms with Crippen LogP contribution in [0.5, 0.6) is 0 Å². The van der Waals surface area contributed by atoms with Crippen LogP contribution in [0.3, 0.4) is 0 Å². The average Bonchev–Trinajstić information content (AvgIpc) is 2.08. The Kier molecular flexibility index (Phi) is 3.03. The number of carbonyl (C=O) groups is 1. The Hall–Kier alpha value is -1.35. The quantitative estimate of drug-likeness (QED) is 0.737. The Morgan fingerprint density at radius 3 is 2.77 bits per heavy atom. The van der Waals surface area contributed by atoms with Gasteiger partial charge in [0.15, 0.2) is 0 Å². The first kappa shape index (κ1) is 9.74. The number of benzene rings is 1. The van der Waals surface area contributed by atoms with Gasteiger partial charge in [-0.15, -0.1) is 0 Å². The highest BCUT2D eigenvalue weighted by Gasteiger charge is 2.08. The first-order valence-corrected chi connectivity index (χ1v) is 4.12. The molecular formula is C10H13NO2. The molecule has 3 nitrogen and oxygen atoms in total. The Morgan fingerprint density at radius 1 is 1.54 bits per heavy atom. The van der Waals surface area contributed by atoms with Crippen molar-refractivity contribution in [2.45, 2.75) is 13.5 Å². The summed E-state index contributed by atoms with van der Waals surface area (Å²) in [5, 5.41) is 11.8. The van der Waals surface area contributed by atoms with E-state index >= 15 is 0 Å². The SMILES string of the molecule is CNCc1ccc(C)cc1C(=O)O. The van der Waals surface area contributed by atoms with Gasteiger partial charge in [-0.05, 0) is 25.6 Å². The van der Waals surface area contributed by atoms with E-state index in [9.17, 15) is 4.79 Å². The number of nitrogens with one attached hydrogen (secondary N) is 1. The van der Waals surface area contributed by atoms with Crippen molar-refractivity contribution < 1.29 is 9.90 Å². The van der Waals surface area contributed by atoms with E-state index in [1.807, 2.05) is 19.1 Å². The Balaban J connectivity index is 3.10. The zero-order valence-corrected chi connectivity index (χ0v) is 7.79. The van der Waals surface area contributed by atoms with Crippen LogP contribution in [0.2, 0.25) is 0 Å². The molecule has 0 atom stereocenters. The molecule has 0 aliphatic heterocycles. The molecule has 0 spiro atoms. The summed E-state index contributed by atoms with van der Waals surface area (Å²) in [6.45, 7) is 2.47. The standard InChI is InChI=1S/C10H13NO2/c1-7-3-4-8(6-11-2)9(5-7)10(12)13/h3-5,11H,6H2,1-2H3,(H,12,13). The molecule has 70 valence electrons. The number of carboxylic acid groups (broad SMARTS) is 1. The summed E-state index contributed by atoms with van der Waals surface area (Å²) in [4.78, 5) is 10.8. The topological polar surface area (TPSA) is 49.3 Å². The lowest BCUT2D eigenvalue weighted by molar-refractivity contribution is 0.0695. The summed E-state index contributed by atoms with van der Waals surface area (Å²) in [6.07, 6.45) is 0. The van der Waals surface area contributed by atoms with E-state index in [1.165, 1.54) is 0 Å². The molecule has 0 saturated carbocycles. The maximum atomic E-state index is 10.8. The van der Waals surface area contributed by atoms with Crippen LogP contribution < -0.4 is 5.32 Å². The molecule has 3 heteroatoms. The van der Waals surface area contributed by atoms with Crippen molar-refractivity contribution in [1.82, 2.24) is 5.32 Å². The van der Waals surface area contributed by atoms with E-state index in [0.717, 1.165) is 11.1 Å². The van der Waals surface area contributed by atoms with Gasteiger partial charge < -0.3 is 10.4 Å². The van der Waals surface area contributed by atoms with Crippen LogP contribution in [-0.2, 0) is 6.54 Å². The predicted molar refractivity (Wildman–Crippen MR) is 50.9 cm³/mol. The number of hydrogen-bond acceptors (Lipinski definition) is 2. The molecule has 2 N–H and O–H groups in total. The van der Waals surface area contributed by atoms with Gasteiger partial charge in [0.2, 0.25) is 0 Å². The van der Waals surface area contributed by atoms with Crippen LogP contribution in [0.1, 0.15) is 21.5 Å². The fraction of sp³-hybridized carbons (Fsp3) is 0.300. The molecule has 1 rings (SSSR count). The molecule has 0 bridgehead atoms. The highest BCUT2D eigenvalue weighted by Crippen LogP contribution is 2.11. The molecule has 0 amide bonds. The molecule has 13 heavy (non-hydrogen) atoms. The molecule has 0 saturated heterocycles. The molecular weight excluding hydrogens is 166 g/mol. The van der Waals surface area contributed by atoms with Crippen LogP contribution >= 0.6 is 0 Å². The van der Waals surface area contributed by atoms with Gasteiger partial charge in [0.05, 0.1) is 5.56 Å². The molecule has 0 aliphatic carbocycles. The number of rotatable bonds is 3. The summed E-state index contributed by atoms with van der Waals surface area (Å²) in [5.74, 6) is -0.867. The normalized spacial score (nSPS) is 10.0. The van der Waals surface area contributed by atoms with Crippen molar-refractivity contribution >= 4 is 5.97 Å². The van der Waals surface area contributed by atoms with Gasteiger partial charge in [0.25, 0.3) is 0 Å². The van der Waals surface area contributed by atoms with Crippen molar-refractivity contribution in [3.8, 4) is 0 Å². The smallest absolute Gasteiger partial charge is 0.336 e. The molecule has 0 aliphatic rings. The van der Waals surface area contributed by atoms with E-state index in [0.29, 0.717) is 12.1 Å². The maximum Gasteiger partial charge on any atom is 0.336 e. The van der Waals surface area contributed by atoms with Crippen LogP contribution in [-0.4, -0.2) is 18.1 Å². The summed E-state index contributed by atoms with van der Waals surface area (Å²) < 4.78 is 0. The molecule has 1 aromatic rings. The fourth-order valence-corrected chi connectivity index (χ4v) is 1.23. The van der Waals surface area contributed by atoms with Gasteiger partial charge in [-0.1, -0.05) is 17.7 Å². The van der Waals surface area contributed by atoms with Crippen molar-refractivity contribution in [2.75, 3.05) is 7.05 Å². The van der Waals surface area contributed by atoms with Gasteiger partial charge in [-0.3, -0.25) is 0 Å². The number of aromatic carboxylic acids is 1. The van der Waals surface area contributed by atoms with Crippen molar-refractivity contribution in [3.63, 3.8) is 0 Å². The second-order valence-electron chi connectivity index (χ2n) is 3.00. The van der Waals surface area contributed by atoms with Gasteiger partial charge in [-0.2, -0.15) is 0 Å². The predicted octanol–water partition coefficient (Wildman–Crippen LogP) is 1.41. The molecule has 0 aromatic heterocycles. The van der Waals surface area contributed by atoms with Crippen LogP contribution in [0, 0.1) is 6.92 Å². The van der Waals surface area contributed by atoms with E-state index in [1.54, 1.807) is 13.1 Å². The van der Waals surface area contributed by atoms with Crippen LogP contribution in [0.15, 0.2) is 18.2 Å². The molecule has 0 radical (unpaired) electrons. The molecule has 0 heterocycles. The maximum absolute atomic E-state index is 10.8. The van der Waals surface area contributed by atoms with E-state index in [2.05, 4.69) is 5.32 Å². The lowest BCUT2D eigenvalue weighted by atomic mass is 10.0. The second kappa shape index (κ2) is 4.05. The third-order valence-corrected chi connectivity index (χ3v) is 1.86. The third-order valence-electron chi connectivity index (χ3n) is 1.86. The second-order valence-corrected chi connectivity index (χ2v) is 3.00. The Bertz CT molecular complexity index is 321. The van der Waals surface area contributed by atoms with Crippen molar-refractivity contribution in [1.29, 1.82) is 0 Å². The minimum atomic E-state index is -0.867. The first-order valence-electron chi connectivity index (χ1n) is 4.12. The zero-order chi connectivity index (χ0) is 9.84. The minimum Gasteiger partial charge on any atom is -0.478 e. The number of aryl methyl sites for hydroxylation is 1. The van der Waals surface area contributed by atoms with E-state index in [-0.39, 0.29) is 0 Å². The minimum absolute atomic E-state index is 0.384. The largest absolute Gasteiger partial charge is 0.478 e. The molecule has 1 aromatic carbocycles. The van der Waals surface area contributed by atoms with Crippen LogP contribution in [0.4, 0.5) is 0 Å². The number of carboxylic acids is 1. The van der Waals surface area contributed by atoms with E-state index in [4.69, 9.17) is 5.11 Å². The van der Waals surface area contributed by atoms with Gasteiger partial charge >= 0.3 is 5.97 Å². The Morgan fingerprint density at radius 2 is 2.23 bits per heavy atom. The molecule has 0 unspecified atom stereocenters.